The first-order valence-corrected chi connectivity index (χ1v) is 6.43. The molecule has 5 heteroatoms. The average molecular weight is 268 g/mol. The summed E-state index contributed by atoms with van der Waals surface area (Å²) >= 11 is 0. The minimum atomic E-state index is 0.218. The lowest BCUT2D eigenvalue weighted by Crippen LogP contribution is -2.02. The lowest BCUT2D eigenvalue weighted by molar-refractivity contribution is 0.338. The molecule has 1 N–H and O–H groups in total. The first kappa shape index (κ1) is 13.8. The lowest BCUT2D eigenvalue weighted by atomic mass is 10.1. The van der Waals surface area contributed by atoms with E-state index in [1.807, 2.05) is 50.2 Å². The number of benzene rings is 1. The molecule has 0 aliphatic carbocycles. The minimum Gasteiger partial charge on any atom is -0.494 e. The summed E-state index contributed by atoms with van der Waals surface area (Å²) in [5, 5.41) is 19.5. The molecule has 102 valence electrons. The standard InChI is InChI=1S/C15H16N4O/c1-3-20-14-6-4-12(10-11(14)2)13-5-7-15(19-18-13)17-9-8-16/h4-7,10H,3,9H2,1-2H3,(H,17,19). The molecule has 0 saturated heterocycles. The molecule has 0 unspecified atom stereocenters. The van der Waals surface area contributed by atoms with E-state index < -0.39 is 0 Å². The topological polar surface area (TPSA) is 70.8 Å². The molecule has 0 spiro atoms. The van der Waals surface area contributed by atoms with E-state index in [2.05, 4.69) is 15.5 Å². The van der Waals surface area contributed by atoms with Gasteiger partial charge in [-0.3, -0.25) is 0 Å². The number of rotatable bonds is 5. The van der Waals surface area contributed by atoms with Crippen LogP contribution in [0.15, 0.2) is 30.3 Å². The first-order valence-electron chi connectivity index (χ1n) is 6.43. The van der Waals surface area contributed by atoms with Crippen LogP contribution in [-0.4, -0.2) is 23.3 Å². The Morgan fingerprint density at radius 1 is 1.25 bits per heavy atom. The van der Waals surface area contributed by atoms with Crippen molar-refractivity contribution >= 4 is 5.82 Å². The number of aryl methyl sites for hydroxylation is 1. The smallest absolute Gasteiger partial charge is 0.149 e. The Morgan fingerprint density at radius 3 is 2.70 bits per heavy atom. The van der Waals surface area contributed by atoms with Gasteiger partial charge >= 0.3 is 0 Å². The van der Waals surface area contributed by atoms with E-state index in [4.69, 9.17) is 10.00 Å². The van der Waals surface area contributed by atoms with Crippen molar-refractivity contribution in [3.8, 4) is 23.1 Å². The first-order chi connectivity index (χ1) is 9.74. The third kappa shape index (κ3) is 3.23. The molecule has 0 aliphatic rings. The summed E-state index contributed by atoms with van der Waals surface area (Å²) in [6.45, 7) is 4.84. The molecule has 0 radical (unpaired) electrons. The fourth-order valence-corrected chi connectivity index (χ4v) is 1.84. The van der Waals surface area contributed by atoms with E-state index in [9.17, 15) is 0 Å². The van der Waals surface area contributed by atoms with E-state index in [1.165, 1.54) is 0 Å². The molecule has 0 amide bonds. The third-order valence-electron chi connectivity index (χ3n) is 2.78. The van der Waals surface area contributed by atoms with Gasteiger partial charge in [0, 0.05) is 5.56 Å². The highest BCUT2D eigenvalue weighted by Gasteiger charge is 2.05. The molecule has 2 aromatic rings. The van der Waals surface area contributed by atoms with Crippen LogP contribution < -0.4 is 10.1 Å². The average Bonchev–Trinajstić information content (AvgIpc) is 2.48. The van der Waals surface area contributed by atoms with Crippen LogP contribution in [0.1, 0.15) is 12.5 Å². The second kappa shape index (κ2) is 6.53. The van der Waals surface area contributed by atoms with Crippen LogP contribution in [-0.2, 0) is 0 Å². The van der Waals surface area contributed by atoms with E-state index in [-0.39, 0.29) is 6.54 Å². The number of nitrogens with one attached hydrogen (secondary N) is 1. The Kier molecular flexibility index (Phi) is 4.51. The van der Waals surface area contributed by atoms with E-state index in [0.29, 0.717) is 12.4 Å². The van der Waals surface area contributed by atoms with Crippen molar-refractivity contribution < 1.29 is 4.74 Å². The Balaban J connectivity index is 2.19. The number of anilines is 1. The fraction of sp³-hybridized carbons (Fsp3) is 0.267. The number of ether oxygens (including phenoxy) is 1. The van der Waals surface area contributed by atoms with Crippen molar-refractivity contribution in [2.45, 2.75) is 13.8 Å². The van der Waals surface area contributed by atoms with Gasteiger partial charge < -0.3 is 10.1 Å². The maximum atomic E-state index is 8.49. The molecule has 1 aromatic heterocycles. The zero-order valence-corrected chi connectivity index (χ0v) is 11.6. The van der Waals surface area contributed by atoms with Crippen LogP contribution in [0.2, 0.25) is 0 Å². The van der Waals surface area contributed by atoms with Gasteiger partial charge in [-0.15, -0.1) is 10.2 Å². The number of nitriles is 1. The number of hydrogen-bond donors (Lipinski definition) is 1. The molecule has 1 aromatic carbocycles. The summed E-state index contributed by atoms with van der Waals surface area (Å²) in [5.41, 5.74) is 2.85. The molecule has 0 fully saturated rings. The highest BCUT2D eigenvalue weighted by molar-refractivity contribution is 5.62. The van der Waals surface area contributed by atoms with Crippen LogP contribution in [0.25, 0.3) is 11.3 Å². The zero-order chi connectivity index (χ0) is 14.4. The second-order valence-electron chi connectivity index (χ2n) is 4.23. The zero-order valence-electron chi connectivity index (χ0n) is 11.6. The molecule has 2 rings (SSSR count). The lowest BCUT2D eigenvalue weighted by Gasteiger charge is -2.09. The number of hydrogen-bond acceptors (Lipinski definition) is 5. The van der Waals surface area contributed by atoms with Crippen molar-refractivity contribution in [1.82, 2.24) is 10.2 Å². The van der Waals surface area contributed by atoms with Gasteiger partial charge in [0.2, 0.25) is 0 Å². The van der Waals surface area contributed by atoms with Crippen molar-refractivity contribution in [2.24, 2.45) is 0 Å². The summed E-state index contributed by atoms with van der Waals surface area (Å²) in [6, 6.07) is 11.6. The van der Waals surface area contributed by atoms with E-state index in [1.54, 1.807) is 0 Å². The SMILES string of the molecule is CCOc1ccc(-c2ccc(NCC#N)nn2)cc1C. The molecule has 0 atom stereocenters. The molecule has 0 bridgehead atoms. The summed E-state index contributed by atoms with van der Waals surface area (Å²) in [7, 11) is 0. The highest BCUT2D eigenvalue weighted by atomic mass is 16.5. The van der Waals surface area contributed by atoms with Gasteiger partial charge in [-0.2, -0.15) is 5.26 Å². The van der Waals surface area contributed by atoms with Crippen molar-refractivity contribution in [3.05, 3.63) is 35.9 Å². The summed E-state index contributed by atoms with van der Waals surface area (Å²) in [6.07, 6.45) is 0. The van der Waals surface area contributed by atoms with Crippen LogP contribution in [0.5, 0.6) is 5.75 Å². The Morgan fingerprint density at radius 2 is 2.10 bits per heavy atom. The van der Waals surface area contributed by atoms with Gasteiger partial charge in [-0.05, 0) is 49.7 Å². The van der Waals surface area contributed by atoms with E-state index in [0.717, 1.165) is 22.6 Å². The molecule has 1 heterocycles. The van der Waals surface area contributed by atoms with Gasteiger partial charge in [0.15, 0.2) is 0 Å². The van der Waals surface area contributed by atoms with Crippen molar-refractivity contribution in [3.63, 3.8) is 0 Å². The molecule has 0 aliphatic heterocycles. The molecular formula is C15H16N4O. The van der Waals surface area contributed by atoms with Gasteiger partial charge in [-0.25, -0.2) is 0 Å². The Bertz CT molecular complexity index is 617. The van der Waals surface area contributed by atoms with Gasteiger partial charge in [0.25, 0.3) is 0 Å². The number of nitrogens with zero attached hydrogens (tertiary/aromatic N) is 3. The largest absolute Gasteiger partial charge is 0.494 e. The summed E-state index contributed by atoms with van der Waals surface area (Å²) < 4.78 is 5.51. The van der Waals surface area contributed by atoms with Crippen LogP contribution in [0.4, 0.5) is 5.82 Å². The van der Waals surface area contributed by atoms with E-state index >= 15 is 0 Å². The molecule has 20 heavy (non-hydrogen) atoms. The summed E-state index contributed by atoms with van der Waals surface area (Å²) in [5.74, 6) is 1.48. The predicted molar refractivity (Wildman–Crippen MR) is 77.5 cm³/mol. The van der Waals surface area contributed by atoms with Crippen molar-refractivity contribution in [1.29, 1.82) is 5.26 Å². The summed E-state index contributed by atoms with van der Waals surface area (Å²) in [4.78, 5) is 0. The molecular weight excluding hydrogens is 252 g/mol. The Labute approximate surface area is 118 Å². The predicted octanol–water partition coefficient (Wildman–Crippen LogP) is 2.79. The molecule has 5 nitrogen and oxygen atoms in total. The fourth-order valence-electron chi connectivity index (χ4n) is 1.84. The minimum absolute atomic E-state index is 0.218. The maximum absolute atomic E-state index is 8.49. The van der Waals surface area contributed by atoms with Gasteiger partial charge in [-0.1, -0.05) is 0 Å². The monoisotopic (exact) mass is 268 g/mol. The van der Waals surface area contributed by atoms with Crippen LogP contribution in [0.3, 0.4) is 0 Å². The third-order valence-corrected chi connectivity index (χ3v) is 2.78. The van der Waals surface area contributed by atoms with Crippen LogP contribution >= 0.6 is 0 Å². The van der Waals surface area contributed by atoms with Crippen LogP contribution in [0, 0.1) is 18.3 Å². The normalized spacial score (nSPS) is 9.85. The second-order valence-corrected chi connectivity index (χ2v) is 4.23. The maximum Gasteiger partial charge on any atom is 0.149 e. The highest BCUT2D eigenvalue weighted by Crippen LogP contribution is 2.25. The van der Waals surface area contributed by atoms with Gasteiger partial charge in [0.05, 0.1) is 18.4 Å². The quantitative estimate of drug-likeness (QED) is 0.844. The Hall–Kier alpha value is -2.61. The number of aromatic nitrogens is 2. The van der Waals surface area contributed by atoms with Gasteiger partial charge in [0.1, 0.15) is 18.1 Å². The van der Waals surface area contributed by atoms with Crippen molar-refractivity contribution in [2.75, 3.05) is 18.5 Å². The molecule has 0 saturated carbocycles.